The minimum Gasteiger partial charge on any atom is -0.477 e. The molecule has 0 spiro atoms. The highest BCUT2D eigenvalue weighted by Crippen LogP contribution is 2.26. The van der Waals surface area contributed by atoms with Crippen LogP contribution >= 0.6 is 0 Å². The van der Waals surface area contributed by atoms with Gasteiger partial charge in [0.15, 0.2) is 5.75 Å². The first-order chi connectivity index (χ1) is 21.1. The molecule has 0 bridgehead atoms. The molecule has 0 amide bonds. The number of nitrogens with two attached hydrogens (primary N) is 1. The molecule has 0 aliphatic rings. The highest BCUT2D eigenvalue weighted by atomic mass is 32.2. The molecule has 15 heteroatoms. The number of nitriles is 1. The molecule has 45 heavy (non-hydrogen) atoms. The summed E-state index contributed by atoms with van der Waals surface area (Å²) in [5.41, 5.74) is 8.52. The molecule has 4 rings (SSSR count). The van der Waals surface area contributed by atoms with Gasteiger partial charge in [-0.15, -0.1) is 0 Å². The van der Waals surface area contributed by atoms with Gasteiger partial charge in [-0.2, -0.15) is 18.4 Å². The summed E-state index contributed by atoms with van der Waals surface area (Å²) in [4.78, 5) is 16.0. The number of aromatic carboxylic acids is 1. The van der Waals surface area contributed by atoms with Crippen molar-refractivity contribution < 1.29 is 36.6 Å². The van der Waals surface area contributed by atoms with Crippen molar-refractivity contribution in [1.82, 2.24) is 14.9 Å². The Balaban J connectivity index is 1.46. The van der Waals surface area contributed by atoms with E-state index in [9.17, 15) is 36.6 Å². The van der Waals surface area contributed by atoms with Crippen LogP contribution in [0.1, 0.15) is 45.8 Å². The number of alkyl halides is 3. The maximum absolute atomic E-state index is 12.7. The average Bonchev–Trinajstić information content (AvgIpc) is 3.32. The van der Waals surface area contributed by atoms with Gasteiger partial charge >= 0.3 is 12.1 Å². The molecule has 238 valence electrons. The van der Waals surface area contributed by atoms with E-state index in [-0.39, 0.29) is 41.9 Å². The summed E-state index contributed by atoms with van der Waals surface area (Å²) in [6.07, 6.45) is -3.82. The number of anilines is 2. The molecule has 2 aromatic heterocycles. The highest BCUT2D eigenvalue weighted by molar-refractivity contribution is 7.92. The second kappa shape index (κ2) is 13.1. The molecule has 4 aromatic rings. The lowest BCUT2D eigenvalue weighted by atomic mass is 10.0. The van der Waals surface area contributed by atoms with Crippen LogP contribution in [0.25, 0.3) is 10.9 Å². The number of nitrogen functional groups attached to an aromatic ring is 1. The number of fused-ring (bicyclic) bond motifs is 1. The van der Waals surface area contributed by atoms with Gasteiger partial charge in [-0.05, 0) is 60.9 Å². The van der Waals surface area contributed by atoms with Crippen molar-refractivity contribution in [1.29, 1.82) is 5.26 Å². The molecule has 0 fully saturated rings. The summed E-state index contributed by atoms with van der Waals surface area (Å²) in [5.74, 6) is -3.05. The van der Waals surface area contributed by atoms with Crippen LogP contribution in [0.15, 0.2) is 60.8 Å². The van der Waals surface area contributed by atoms with Gasteiger partial charge in [0.2, 0.25) is 10.0 Å². The molecule has 0 saturated carbocycles. The smallest absolute Gasteiger partial charge is 0.404 e. The number of pyridine rings is 1. The molecule has 0 saturated heterocycles. The maximum Gasteiger partial charge on any atom is 0.404 e. The molecule has 2 atom stereocenters. The third-order valence-electron chi connectivity index (χ3n) is 7.24. The number of benzene rings is 2. The number of carboxylic acids is 1. The van der Waals surface area contributed by atoms with Gasteiger partial charge in [-0.25, -0.2) is 18.2 Å². The fraction of sp³-hybridized carbons (Fsp3) is 0.300. The zero-order valence-electron chi connectivity index (χ0n) is 24.3. The Morgan fingerprint density at radius 3 is 2.44 bits per heavy atom. The summed E-state index contributed by atoms with van der Waals surface area (Å²) in [7, 11) is -3.59. The van der Waals surface area contributed by atoms with Crippen LogP contribution in [0.2, 0.25) is 0 Å². The summed E-state index contributed by atoms with van der Waals surface area (Å²) in [6.45, 7) is 2.25. The normalized spacial score (nSPS) is 13.4. The lowest BCUT2D eigenvalue weighted by Gasteiger charge is -2.20. The molecule has 2 unspecified atom stereocenters. The van der Waals surface area contributed by atoms with E-state index in [0.29, 0.717) is 32.8 Å². The van der Waals surface area contributed by atoms with Crippen LogP contribution in [-0.4, -0.2) is 65.7 Å². The quantitative estimate of drug-likeness (QED) is 0.179. The van der Waals surface area contributed by atoms with E-state index in [1.54, 1.807) is 16.7 Å². The van der Waals surface area contributed by atoms with E-state index >= 15 is 0 Å². The van der Waals surface area contributed by atoms with Gasteiger partial charge in [-0.3, -0.25) is 4.31 Å². The number of aliphatic hydroxyl groups is 1. The topological polar surface area (TPSA) is 175 Å². The minimum atomic E-state index is -4.88. The Bertz CT molecular complexity index is 1850. The fourth-order valence-corrected chi connectivity index (χ4v) is 5.92. The number of nitrogens with zero attached hydrogens (tertiary/aromatic N) is 4. The Morgan fingerprint density at radius 1 is 1.16 bits per heavy atom. The SMILES string of the molecule is CC(Cc1ccc2c(c1)cc(C(=O)O)n2Cc1ccc(N(C)S(=O)(=O)CC(F)(F)F)cc1)NCC(O)c1cnc(N)c(C#N)c1. The van der Waals surface area contributed by atoms with E-state index < -0.39 is 34.0 Å². The van der Waals surface area contributed by atoms with E-state index in [1.807, 2.05) is 25.1 Å². The number of hydrogen-bond acceptors (Lipinski definition) is 8. The Morgan fingerprint density at radius 2 is 1.82 bits per heavy atom. The van der Waals surface area contributed by atoms with Crippen LogP contribution in [0.3, 0.4) is 0 Å². The summed E-state index contributed by atoms with van der Waals surface area (Å²) >= 11 is 0. The standard InChI is InChI=1S/C30H31F3N6O5S/c1-18(36-15-27(40)23-11-22(13-34)28(35)37-14-23)9-20-5-8-25-21(10-20)12-26(29(41)42)39(25)16-19-3-6-24(7-4-19)38(2)45(43,44)17-30(31,32)33/h3-8,10-12,14,18,27,36,40H,9,15-17H2,1-2H3,(H2,35,37)(H,41,42). The third-order valence-corrected chi connectivity index (χ3v) is 8.97. The zero-order valence-corrected chi connectivity index (χ0v) is 25.1. The number of aromatic nitrogens is 2. The number of halogens is 3. The van der Waals surface area contributed by atoms with E-state index in [4.69, 9.17) is 11.0 Å². The van der Waals surface area contributed by atoms with Crippen LogP contribution in [0.5, 0.6) is 0 Å². The highest BCUT2D eigenvalue weighted by Gasteiger charge is 2.37. The largest absolute Gasteiger partial charge is 0.477 e. The van der Waals surface area contributed by atoms with Crippen LogP contribution in [-0.2, 0) is 23.0 Å². The molecule has 0 radical (unpaired) electrons. The van der Waals surface area contributed by atoms with Crippen LogP contribution in [0.4, 0.5) is 24.7 Å². The van der Waals surface area contributed by atoms with Gasteiger partial charge in [-0.1, -0.05) is 18.2 Å². The van der Waals surface area contributed by atoms with E-state index in [1.165, 1.54) is 36.5 Å². The van der Waals surface area contributed by atoms with Crippen molar-refractivity contribution in [2.75, 3.05) is 29.4 Å². The van der Waals surface area contributed by atoms with Crippen LogP contribution < -0.4 is 15.4 Å². The minimum absolute atomic E-state index is 0.0271. The molecule has 0 aliphatic carbocycles. The number of rotatable bonds is 12. The molecule has 5 N–H and O–H groups in total. The molecule has 2 heterocycles. The van der Waals surface area contributed by atoms with Gasteiger partial charge in [0, 0.05) is 48.8 Å². The van der Waals surface area contributed by atoms with Crippen molar-refractivity contribution in [3.63, 3.8) is 0 Å². The summed E-state index contributed by atoms with van der Waals surface area (Å²) in [6, 6.07) is 16.2. The second-order valence-electron chi connectivity index (χ2n) is 10.7. The van der Waals surface area contributed by atoms with E-state index in [0.717, 1.165) is 12.6 Å². The third kappa shape index (κ3) is 8.09. The molecular weight excluding hydrogens is 613 g/mol. The van der Waals surface area contributed by atoms with Gasteiger partial charge in [0.05, 0.1) is 17.4 Å². The number of carboxylic acid groups (broad SMARTS) is 1. The second-order valence-corrected chi connectivity index (χ2v) is 12.7. The first-order valence-electron chi connectivity index (χ1n) is 13.6. The van der Waals surface area contributed by atoms with Crippen molar-refractivity contribution in [3.8, 4) is 6.07 Å². The van der Waals surface area contributed by atoms with Crippen molar-refractivity contribution in [3.05, 3.63) is 88.7 Å². The van der Waals surface area contributed by atoms with Crippen molar-refractivity contribution in [2.45, 2.75) is 38.2 Å². The Labute approximate surface area is 257 Å². The van der Waals surface area contributed by atoms with Gasteiger partial charge < -0.3 is 25.8 Å². The monoisotopic (exact) mass is 644 g/mol. The zero-order chi connectivity index (χ0) is 33.1. The predicted molar refractivity (Wildman–Crippen MR) is 162 cm³/mol. The number of carbonyl (C=O) groups is 1. The number of aliphatic hydroxyl groups excluding tert-OH is 1. The maximum atomic E-state index is 12.7. The molecule has 0 aliphatic heterocycles. The number of sulfonamides is 1. The Kier molecular flexibility index (Phi) is 9.71. The van der Waals surface area contributed by atoms with Gasteiger partial charge in [0.1, 0.15) is 17.6 Å². The van der Waals surface area contributed by atoms with Crippen LogP contribution in [0, 0.1) is 11.3 Å². The lowest BCUT2D eigenvalue weighted by molar-refractivity contribution is -0.106. The first-order valence-corrected chi connectivity index (χ1v) is 15.2. The van der Waals surface area contributed by atoms with Crippen molar-refractivity contribution in [2.24, 2.45) is 0 Å². The Hall–Kier alpha value is -4.65. The van der Waals surface area contributed by atoms with E-state index in [2.05, 4.69) is 10.3 Å². The van der Waals surface area contributed by atoms with Gasteiger partial charge in [0.25, 0.3) is 0 Å². The number of hydrogen-bond donors (Lipinski definition) is 4. The molecule has 2 aromatic carbocycles. The molecular formula is C30H31F3N6O5S. The lowest BCUT2D eigenvalue weighted by Crippen LogP contribution is -2.35. The first kappa shape index (κ1) is 33.2. The fourth-order valence-electron chi connectivity index (χ4n) is 4.87. The predicted octanol–water partition coefficient (Wildman–Crippen LogP) is 3.82. The summed E-state index contributed by atoms with van der Waals surface area (Å²) in [5, 5.41) is 33.5. The summed E-state index contributed by atoms with van der Waals surface area (Å²) < 4.78 is 64.5. The molecule has 11 nitrogen and oxygen atoms in total. The average molecular weight is 645 g/mol. The number of nitrogens with one attached hydrogen (secondary N) is 1. The van der Waals surface area contributed by atoms with Crippen molar-refractivity contribution >= 4 is 38.4 Å².